The van der Waals surface area contributed by atoms with Crippen molar-refractivity contribution in [1.29, 1.82) is 0 Å². The predicted octanol–water partition coefficient (Wildman–Crippen LogP) is 7.42. The van der Waals surface area contributed by atoms with Crippen LogP contribution in [0.3, 0.4) is 0 Å². The standard InChI is InChI=1S/C28H23F3O3/c1-3-33-23-13-8-20(26(29)16-23)17-34-22-11-6-19(7-12-22)25-15-14-24(27(30)28(25)31)18-4-9-21(32-2)10-5-18/h4-16H,3,17H2,1-2H3. The molecule has 0 fully saturated rings. The molecule has 4 aromatic carbocycles. The van der Waals surface area contributed by atoms with E-state index < -0.39 is 17.5 Å². The summed E-state index contributed by atoms with van der Waals surface area (Å²) < 4.78 is 60.0. The van der Waals surface area contributed by atoms with Crippen LogP contribution in [0.1, 0.15) is 12.5 Å². The van der Waals surface area contributed by atoms with E-state index in [1.54, 1.807) is 79.9 Å². The Hall–Kier alpha value is -3.93. The minimum Gasteiger partial charge on any atom is -0.497 e. The maximum atomic E-state index is 14.9. The third-order valence-corrected chi connectivity index (χ3v) is 5.38. The summed E-state index contributed by atoms with van der Waals surface area (Å²) in [7, 11) is 1.54. The van der Waals surface area contributed by atoms with Crippen molar-refractivity contribution in [2.24, 2.45) is 0 Å². The van der Waals surface area contributed by atoms with Crippen LogP contribution in [-0.2, 0) is 6.61 Å². The van der Waals surface area contributed by atoms with Gasteiger partial charge in [0.25, 0.3) is 0 Å². The number of halogens is 3. The summed E-state index contributed by atoms with van der Waals surface area (Å²) in [6.45, 7) is 2.31. The highest BCUT2D eigenvalue weighted by atomic mass is 19.2. The number of rotatable bonds is 8. The van der Waals surface area contributed by atoms with Crippen LogP contribution >= 0.6 is 0 Å². The molecule has 174 valence electrons. The smallest absolute Gasteiger partial charge is 0.167 e. The summed E-state index contributed by atoms with van der Waals surface area (Å²) >= 11 is 0. The average molecular weight is 464 g/mol. The summed E-state index contributed by atoms with van der Waals surface area (Å²) in [6, 6.07) is 21.0. The largest absolute Gasteiger partial charge is 0.497 e. The van der Waals surface area contributed by atoms with Crippen LogP contribution in [0.2, 0.25) is 0 Å². The van der Waals surface area contributed by atoms with Crippen molar-refractivity contribution in [3.8, 4) is 39.5 Å². The second-order valence-electron chi connectivity index (χ2n) is 7.52. The van der Waals surface area contributed by atoms with Crippen molar-refractivity contribution in [1.82, 2.24) is 0 Å². The molecule has 6 heteroatoms. The molecule has 34 heavy (non-hydrogen) atoms. The summed E-state index contributed by atoms with van der Waals surface area (Å²) in [5.41, 5.74) is 1.74. The molecule has 0 heterocycles. The molecular weight excluding hydrogens is 441 g/mol. The predicted molar refractivity (Wildman–Crippen MR) is 126 cm³/mol. The van der Waals surface area contributed by atoms with E-state index in [-0.39, 0.29) is 17.7 Å². The SMILES string of the molecule is CCOc1ccc(COc2ccc(-c3ccc(-c4ccc(OC)cc4)c(F)c3F)cc2)c(F)c1. The highest BCUT2D eigenvalue weighted by Gasteiger charge is 2.16. The fourth-order valence-corrected chi connectivity index (χ4v) is 3.56. The molecule has 0 atom stereocenters. The van der Waals surface area contributed by atoms with Gasteiger partial charge < -0.3 is 14.2 Å². The first-order valence-corrected chi connectivity index (χ1v) is 10.8. The number of benzene rings is 4. The Bertz CT molecular complexity index is 1270. The molecule has 0 saturated heterocycles. The highest BCUT2D eigenvalue weighted by molar-refractivity contribution is 5.72. The van der Waals surface area contributed by atoms with Crippen molar-refractivity contribution in [3.05, 3.63) is 102 Å². The lowest BCUT2D eigenvalue weighted by molar-refractivity contribution is 0.298. The first-order valence-electron chi connectivity index (χ1n) is 10.8. The van der Waals surface area contributed by atoms with Crippen LogP contribution in [0.25, 0.3) is 22.3 Å². The van der Waals surface area contributed by atoms with E-state index in [0.29, 0.717) is 40.5 Å². The summed E-state index contributed by atoms with van der Waals surface area (Å²) in [5, 5.41) is 0. The Kier molecular flexibility index (Phi) is 7.07. The van der Waals surface area contributed by atoms with E-state index in [1.807, 2.05) is 6.92 Å². The molecule has 4 rings (SSSR count). The van der Waals surface area contributed by atoms with Crippen LogP contribution in [0.4, 0.5) is 13.2 Å². The van der Waals surface area contributed by atoms with E-state index in [1.165, 1.54) is 6.07 Å². The van der Waals surface area contributed by atoms with Gasteiger partial charge in [-0.2, -0.15) is 0 Å². The molecule has 0 bridgehead atoms. The molecule has 0 aliphatic rings. The number of methoxy groups -OCH3 is 1. The molecule has 0 saturated carbocycles. The van der Waals surface area contributed by atoms with Gasteiger partial charge in [-0.15, -0.1) is 0 Å². The van der Waals surface area contributed by atoms with Crippen molar-refractivity contribution in [2.75, 3.05) is 13.7 Å². The quantitative estimate of drug-likeness (QED) is 0.272. The molecule has 4 aromatic rings. The maximum Gasteiger partial charge on any atom is 0.167 e. The molecule has 0 spiro atoms. The molecule has 0 N–H and O–H groups in total. The van der Waals surface area contributed by atoms with Crippen LogP contribution < -0.4 is 14.2 Å². The van der Waals surface area contributed by atoms with Crippen molar-refractivity contribution >= 4 is 0 Å². The molecular formula is C28H23F3O3. The van der Waals surface area contributed by atoms with Gasteiger partial charge in [0, 0.05) is 22.8 Å². The zero-order chi connectivity index (χ0) is 24.1. The Labute approximate surface area is 196 Å². The van der Waals surface area contributed by atoms with E-state index in [4.69, 9.17) is 14.2 Å². The average Bonchev–Trinajstić information content (AvgIpc) is 2.86. The molecule has 0 aromatic heterocycles. The monoisotopic (exact) mass is 464 g/mol. The summed E-state index contributed by atoms with van der Waals surface area (Å²) in [6.07, 6.45) is 0. The topological polar surface area (TPSA) is 27.7 Å². The first-order chi connectivity index (χ1) is 16.5. The van der Waals surface area contributed by atoms with E-state index >= 15 is 0 Å². The van der Waals surface area contributed by atoms with Gasteiger partial charge in [0.15, 0.2) is 11.6 Å². The van der Waals surface area contributed by atoms with Gasteiger partial charge in [-0.05, 0) is 54.4 Å². The fourth-order valence-electron chi connectivity index (χ4n) is 3.56. The second-order valence-corrected chi connectivity index (χ2v) is 7.52. The van der Waals surface area contributed by atoms with Crippen LogP contribution in [0.15, 0.2) is 78.9 Å². The zero-order valence-electron chi connectivity index (χ0n) is 18.8. The van der Waals surface area contributed by atoms with Crippen molar-refractivity contribution < 1.29 is 27.4 Å². The van der Waals surface area contributed by atoms with E-state index in [9.17, 15) is 13.2 Å². The van der Waals surface area contributed by atoms with Gasteiger partial charge in [-0.1, -0.05) is 36.4 Å². The fraction of sp³-hybridized carbons (Fsp3) is 0.143. The van der Waals surface area contributed by atoms with Crippen LogP contribution in [0.5, 0.6) is 17.2 Å². The van der Waals surface area contributed by atoms with Gasteiger partial charge in [0.1, 0.15) is 29.7 Å². The van der Waals surface area contributed by atoms with Gasteiger partial charge in [-0.3, -0.25) is 0 Å². The lowest BCUT2D eigenvalue weighted by atomic mass is 9.98. The van der Waals surface area contributed by atoms with Gasteiger partial charge in [0.05, 0.1) is 13.7 Å². The molecule has 0 aliphatic heterocycles. The molecule has 0 unspecified atom stereocenters. The van der Waals surface area contributed by atoms with Crippen LogP contribution in [-0.4, -0.2) is 13.7 Å². The number of ether oxygens (including phenoxy) is 3. The van der Waals surface area contributed by atoms with Gasteiger partial charge in [0.2, 0.25) is 0 Å². The Morgan fingerprint density at radius 3 is 1.65 bits per heavy atom. The third-order valence-electron chi connectivity index (χ3n) is 5.38. The Balaban J connectivity index is 1.48. The lowest BCUT2D eigenvalue weighted by Gasteiger charge is -2.11. The highest BCUT2D eigenvalue weighted by Crippen LogP contribution is 2.33. The second kappa shape index (κ2) is 10.3. The summed E-state index contributed by atoms with van der Waals surface area (Å²) in [5.74, 6) is -0.702. The van der Waals surface area contributed by atoms with Gasteiger partial charge in [-0.25, -0.2) is 13.2 Å². The lowest BCUT2D eigenvalue weighted by Crippen LogP contribution is -2.00. The molecule has 0 radical (unpaired) electrons. The maximum absolute atomic E-state index is 14.9. The molecule has 0 amide bonds. The van der Waals surface area contributed by atoms with Crippen molar-refractivity contribution in [2.45, 2.75) is 13.5 Å². The van der Waals surface area contributed by atoms with E-state index in [2.05, 4.69) is 0 Å². The Morgan fingerprint density at radius 1 is 0.618 bits per heavy atom. The molecule has 0 aliphatic carbocycles. The Morgan fingerprint density at radius 2 is 1.15 bits per heavy atom. The summed E-state index contributed by atoms with van der Waals surface area (Å²) in [4.78, 5) is 0. The minimum atomic E-state index is -0.932. The third kappa shape index (κ3) is 5.01. The van der Waals surface area contributed by atoms with Gasteiger partial charge >= 0.3 is 0 Å². The van der Waals surface area contributed by atoms with Crippen molar-refractivity contribution in [3.63, 3.8) is 0 Å². The molecule has 3 nitrogen and oxygen atoms in total. The number of hydrogen-bond acceptors (Lipinski definition) is 3. The minimum absolute atomic E-state index is 0.0249. The van der Waals surface area contributed by atoms with Crippen LogP contribution in [0, 0.1) is 17.5 Å². The first kappa shape index (κ1) is 23.2. The van der Waals surface area contributed by atoms with E-state index in [0.717, 1.165) is 0 Å². The number of hydrogen-bond donors (Lipinski definition) is 0. The zero-order valence-corrected chi connectivity index (χ0v) is 18.8. The normalized spacial score (nSPS) is 10.7.